The summed E-state index contributed by atoms with van der Waals surface area (Å²) in [5.41, 5.74) is 0. The van der Waals surface area contributed by atoms with Crippen LogP contribution in [0.1, 0.15) is 6.92 Å². The molecule has 0 N–H and O–H groups in total. The smallest absolute Gasteiger partial charge is 0.174 e. The van der Waals surface area contributed by atoms with Crippen LogP contribution in [-0.2, 0) is 9.16 Å². The standard InChI is InChI=1S/C7H16O2Si/c1-3-9-10(2)6-7-4-8-5-7/h7,10H,3-6H2,1-2H3. The van der Waals surface area contributed by atoms with E-state index < -0.39 is 9.04 Å². The highest BCUT2D eigenvalue weighted by Gasteiger charge is 2.21. The minimum atomic E-state index is -0.806. The van der Waals surface area contributed by atoms with Crippen LogP contribution >= 0.6 is 0 Å². The van der Waals surface area contributed by atoms with Gasteiger partial charge in [0.05, 0.1) is 13.2 Å². The van der Waals surface area contributed by atoms with Crippen molar-refractivity contribution in [3.63, 3.8) is 0 Å². The highest BCUT2D eigenvalue weighted by Crippen LogP contribution is 2.17. The van der Waals surface area contributed by atoms with Gasteiger partial charge in [0, 0.05) is 12.5 Å². The Balaban J connectivity index is 1.99. The molecule has 10 heavy (non-hydrogen) atoms. The van der Waals surface area contributed by atoms with Crippen LogP contribution in [0.25, 0.3) is 0 Å². The lowest BCUT2D eigenvalue weighted by Crippen LogP contribution is -2.32. The number of hydrogen-bond acceptors (Lipinski definition) is 2. The van der Waals surface area contributed by atoms with E-state index in [4.69, 9.17) is 9.16 Å². The van der Waals surface area contributed by atoms with E-state index in [1.807, 2.05) is 0 Å². The minimum Gasteiger partial charge on any atom is -0.421 e. The van der Waals surface area contributed by atoms with Gasteiger partial charge >= 0.3 is 0 Å². The second-order valence-corrected chi connectivity index (χ2v) is 5.33. The van der Waals surface area contributed by atoms with E-state index in [-0.39, 0.29) is 0 Å². The average molecular weight is 160 g/mol. The van der Waals surface area contributed by atoms with Crippen molar-refractivity contribution in [2.24, 2.45) is 5.92 Å². The highest BCUT2D eigenvalue weighted by molar-refractivity contribution is 6.50. The van der Waals surface area contributed by atoms with Gasteiger partial charge in [0.25, 0.3) is 0 Å². The predicted molar refractivity (Wildman–Crippen MR) is 43.8 cm³/mol. The molecule has 0 amide bonds. The van der Waals surface area contributed by atoms with E-state index in [1.54, 1.807) is 0 Å². The normalized spacial score (nSPS) is 22.2. The summed E-state index contributed by atoms with van der Waals surface area (Å²) in [5, 5.41) is 0. The Hall–Kier alpha value is 0.137. The van der Waals surface area contributed by atoms with Gasteiger partial charge in [-0.1, -0.05) is 0 Å². The third-order valence-electron chi connectivity index (χ3n) is 1.82. The molecule has 0 bridgehead atoms. The van der Waals surface area contributed by atoms with Crippen LogP contribution in [0.5, 0.6) is 0 Å². The first-order chi connectivity index (χ1) is 4.83. The molecule has 1 atom stereocenters. The van der Waals surface area contributed by atoms with Crippen molar-refractivity contribution in [1.82, 2.24) is 0 Å². The van der Waals surface area contributed by atoms with Crippen LogP contribution in [0.4, 0.5) is 0 Å². The van der Waals surface area contributed by atoms with E-state index in [1.165, 1.54) is 6.04 Å². The fraction of sp³-hybridized carbons (Fsp3) is 1.00. The number of hydrogen-bond donors (Lipinski definition) is 0. The topological polar surface area (TPSA) is 18.5 Å². The summed E-state index contributed by atoms with van der Waals surface area (Å²) in [6.45, 7) is 7.18. The fourth-order valence-corrected chi connectivity index (χ4v) is 3.16. The van der Waals surface area contributed by atoms with Crippen molar-refractivity contribution in [3.05, 3.63) is 0 Å². The molecule has 60 valence electrons. The maximum atomic E-state index is 5.53. The number of rotatable bonds is 4. The lowest BCUT2D eigenvalue weighted by molar-refractivity contribution is -0.0236. The summed E-state index contributed by atoms with van der Waals surface area (Å²) < 4.78 is 10.6. The molecule has 3 heteroatoms. The Morgan fingerprint density at radius 2 is 2.30 bits per heavy atom. The monoisotopic (exact) mass is 160 g/mol. The van der Waals surface area contributed by atoms with Gasteiger partial charge in [-0.2, -0.15) is 0 Å². The van der Waals surface area contributed by atoms with Crippen LogP contribution in [0.15, 0.2) is 0 Å². The highest BCUT2D eigenvalue weighted by atomic mass is 28.3. The summed E-state index contributed by atoms with van der Waals surface area (Å²) in [5.74, 6) is 0.827. The van der Waals surface area contributed by atoms with Crippen molar-refractivity contribution >= 4 is 9.04 Å². The fourth-order valence-electron chi connectivity index (χ4n) is 1.24. The molecule has 0 spiro atoms. The van der Waals surface area contributed by atoms with Gasteiger partial charge < -0.3 is 9.16 Å². The van der Waals surface area contributed by atoms with Crippen molar-refractivity contribution in [3.8, 4) is 0 Å². The van der Waals surface area contributed by atoms with Gasteiger partial charge in [-0.05, 0) is 19.5 Å². The molecular weight excluding hydrogens is 144 g/mol. The van der Waals surface area contributed by atoms with Crippen molar-refractivity contribution < 1.29 is 9.16 Å². The minimum absolute atomic E-state index is 0.806. The van der Waals surface area contributed by atoms with Crippen LogP contribution in [0.3, 0.4) is 0 Å². The molecule has 1 saturated heterocycles. The van der Waals surface area contributed by atoms with Crippen LogP contribution in [0, 0.1) is 5.92 Å². The SMILES string of the molecule is CCO[SiH](C)CC1COC1. The Morgan fingerprint density at radius 3 is 2.70 bits per heavy atom. The van der Waals surface area contributed by atoms with Crippen LogP contribution < -0.4 is 0 Å². The van der Waals surface area contributed by atoms with E-state index in [2.05, 4.69) is 13.5 Å². The molecule has 0 aliphatic carbocycles. The summed E-state index contributed by atoms with van der Waals surface area (Å²) in [4.78, 5) is 0. The quantitative estimate of drug-likeness (QED) is 0.572. The predicted octanol–water partition coefficient (Wildman–Crippen LogP) is 1.02. The molecular formula is C7H16O2Si. The first-order valence-corrected chi connectivity index (χ1v) is 6.46. The van der Waals surface area contributed by atoms with Crippen molar-refractivity contribution in [2.75, 3.05) is 19.8 Å². The second-order valence-electron chi connectivity index (χ2n) is 2.91. The van der Waals surface area contributed by atoms with Gasteiger partial charge in [-0.25, -0.2) is 0 Å². The maximum Gasteiger partial charge on any atom is 0.174 e. The molecule has 0 aromatic heterocycles. The van der Waals surface area contributed by atoms with E-state index in [9.17, 15) is 0 Å². The zero-order chi connectivity index (χ0) is 7.40. The Labute approximate surface area is 64.3 Å². The summed E-state index contributed by atoms with van der Waals surface area (Å²) in [7, 11) is -0.806. The molecule has 1 heterocycles. The second kappa shape index (κ2) is 4.11. The van der Waals surface area contributed by atoms with E-state index in [0.29, 0.717) is 0 Å². The molecule has 0 saturated carbocycles. The van der Waals surface area contributed by atoms with Gasteiger partial charge in [0.2, 0.25) is 0 Å². The van der Waals surface area contributed by atoms with Crippen LogP contribution in [0.2, 0.25) is 12.6 Å². The zero-order valence-corrected chi connectivity index (χ0v) is 7.95. The lowest BCUT2D eigenvalue weighted by Gasteiger charge is -2.27. The molecule has 2 nitrogen and oxygen atoms in total. The summed E-state index contributed by atoms with van der Waals surface area (Å²) in [6, 6.07) is 1.30. The molecule has 1 fully saturated rings. The number of ether oxygens (including phenoxy) is 1. The molecule has 0 radical (unpaired) electrons. The zero-order valence-electron chi connectivity index (χ0n) is 6.80. The molecule has 1 aliphatic rings. The van der Waals surface area contributed by atoms with E-state index in [0.717, 1.165) is 25.7 Å². The van der Waals surface area contributed by atoms with Gasteiger partial charge in [0.15, 0.2) is 9.04 Å². The lowest BCUT2D eigenvalue weighted by atomic mass is 10.1. The summed E-state index contributed by atoms with van der Waals surface area (Å²) >= 11 is 0. The maximum absolute atomic E-state index is 5.53. The Kier molecular flexibility index (Phi) is 3.38. The summed E-state index contributed by atoms with van der Waals surface area (Å²) in [6.07, 6.45) is 0. The van der Waals surface area contributed by atoms with Crippen LogP contribution in [-0.4, -0.2) is 28.9 Å². The molecule has 0 aromatic rings. The first kappa shape index (κ1) is 8.24. The van der Waals surface area contributed by atoms with Gasteiger partial charge in [0.1, 0.15) is 0 Å². The first-order valence-electron chi connectivity index (χ1n) is 4.02. The molecule has 1 unspecified atom stereocenters. The molecule has 0 aromatic carbocycles. The van der Waals surface area contributed by atoms with Gasteiger partial charge in [-0.3, -0.25) is 0 Å². The van der Waals surface area contributed by atoms with E-state index >= 15 is 0 Å². The van der Waals surface area contributed by atoms with Gasteiger partial charge in [-0.15, -0.1) is 0 Å². The molecule has 1 aliphatic heterocycles. The largest absolute Gasteiger partial charge is 0.421 e. The third-order valence-corrected chi connectivity index (χ3v) is 4.06. The average Bonchev–Trinajstić information content (AvgIpc) is 1.80. The third kappa shape index (κ3) is 2.40. The Morgan fingerprint density at radius 1 is 1.60 bits per heavy atom. The van der Waals surface area contributed by atoms with Crippen molar-refractivity contribution in [2.45, 2.75) is 19.5 Å². The Bertz CT molecular complexity index is 93.6. The molecule has 1 rings (SSSR count). The van der Waals surface area contributed by atoms with Crippen molar-refractivity contribution in [1.29, 1.82) is 0 Å².